The zero-order chi connectivity index (χ0) is 12.5. The minimum absolute atomic E-state index is 0.276. The predicted octanol–water partition coefficient (Wildman–Crippen LogP) is 1.04. The van der Waals surface area contributed by atoms with Crippen LogP contribution in [0, 0.1) is 0 Å². The molecule has 0 aromatic carbocycles. The van der Waals surface area contributed by atoms with Gasteiger partial charge in [0.1, 0.15) is 5.82 Å². The van der Waals surface area contributed by atoms with Crippen LogP contribution >= 0.6 is 0 Å². The third-order valence-electron chi connectivity index (χ3n) is 2.20. The molecule has 1 aromatic rings. The summed E-state index contributed by atoms with van der Waals surface area (Å²) in [7, 11) is -1.59. The Hall–Kier alpha value is -1.50. The molecule has 2 rings (SSSR count). The maximum atomic E-state index is 11.1. The van der Waals surface area contributed by atoms with Gasteiger partial charge in [-0.05, 0) is 25.0 Å². The Morgan fingerprint density at radius 2 is 2.12 bits per heavy atom. The summed E-state index contributed by atoms with van der Waals surface area (Å²) in [5.41, 5.74) is 0. The topological polar surface area (TPSA) is 80.3 Å². The molecule has 0 radical (unpaired) electrons. The van der Waals surface area contributed by atoms with Crippen LogP contribution in [-0.4, -0.2) is 32.8 Å². The van der Waals surface area contributed by atoms with Crippen molar-refractivity contribution in [3.05, 3.63) is 12.1 Å². The highest BCUT2D eigenvalue weighted by Gasteiger charge is 2.24. The normalized spacial score (nSPS) is 15.4. The summed E-state index contributed by atoms with van der Waals surface area (Å²) < 4.78 is 30.1. The molecule has 0 atom stereocenters. The number of ether oxygens (including phenoxy) is 1. The van der Waals surface area contributed by atoms with E-state index in [0.29, 0.717) is 11.6 Å². The van der Waals surface area contributed by atoms with Crippen molar-refractivity contribution in [2.75, 3.05) is 23.3 Å². The summed E-state index contributed by atoms with van der Waals surface area (Å²) in [4.78, 5) is 4.13. The van der Waals surface area contributed by atoms with Crippen LogP contribution in [0.2, 0.25) is 0 Å². The van der Waals surface area contributed by atoms with Crippen LogP contribution < -0.4 is 14.8 Å². The van der Waals surface area contributed by atoms with Crippen LogP contribution in [0.25, 0.3) is 0 Å². The Labute approximate surface area is 100 Å². The summed E-state index contributed by atoms with van der Waals surface area (Å²) >= 11 is 0. The first-order valence-corrected chi connectivity index (χ1v) is 7.20. The number of hydrogen-bond donors (Lipinski definition) is 2. The number of pyridine rings is 1. The Morgan fingerprint density at radius 3 is 2.65 bits per heavy atom. The zero-order valence-corrected chi connectivity index (χ0v) is 10.5. The van der Waals surface area contributed by atoms with Crippen molar-refractivity contribution < 1.29 is 13.2 Å². The van der Waals surface area contributed by atoms with Crippen molar-refractivity contribution >= 4 is 21.7 Å². The van der Waals surface area contributed by atoms with Crippen molar-refractivity contribution in [3.8, 4) is 5.75 Å². The Balaban J connectivity index is 2.20. The van der Waals surface area contributed by atoms with Gasteiger partial charge in [-0.1, -0.05) is 0 Å². The largest absolute Gasteiger partial charge is 0.487 e. The van der Waals surface area contributed by atoms with E-state index in [1.165, 1.54) is 0 Å². The van der Waals surface area contributed by atoms with Crippen molar-refractivity contribution in [2.45, 2.75) is 18.9 Å². The molecule has 0 saturated heterocycles. The Bertz CT molecular complexity index is 512. The standard InChI is InChI=1S/C10H15N3O3S/c1-11-10-8(16-7-3-4-7)5-6-9(12-10)13-17(2,14)15/h5-7H,3-4H2,1-2H3,(H2,11,12,13). The third kappa shape index (κ3) is 3.48. The molecule has 0 amide bonds. The lowest BCUT2D eigenvalue weighted by molar-refractivity contribution is 0.304. The van der Waals surface area contributed by atoms with Crippen molar-refractivity contribution in [2.24, 2.45) is 0 Å². The van der Waals surface area contributed by atoms with Gasteiger partial charge >= 0.3 is 0 Å². The molecule has 1 aliphatic carbocycles. The number of nitrogens with zero attached hydrogens (tertiary/aromatic N) is 1. The molecule has 1 fully saturated rings. The van der Waals surface area contributed by atoms with Crippen LogP contribution in [-0.2, 0) is 10.0 Å². The maximum Gasteiger partial charge on any atom is 0.230 e. The van der Waals surface area contributed by atoms with Gasteiger partial charge in [0.05, 0.1) is 12.4 Å². The molecule has 0 spiro atoms. The van der Waals surface area contributed by atoms with Gasteiger partial charge in [-0.15, -0.1) is 0 Å². The fraction of sp³-hybridized carbons (Fsp3) is 0.500. The Morgan fingerprint density at radius 1 is 1.41 bits per heavy atom. The molecular weight excluding hydrogens is 242 g/mol. The number of nitrogens with one attached hydrogen (secondary N) is 2. The van der Waals surface area contributed by atoms with E-state index < -0.39 is 10.0 Å². The first-order chi connectivity index (χ1) is 7.98. The molecule has 1 aliphatic rings. The summed E-state index contributed by atoms with van der Waals surface area (Å²) in [6.45, 7) is 0. The van der Waals surface area contributed by atoms with Crippen molar-refractivity contribution in [1.82, 2.24) is 4.98 Å². The molecule has 0 bridgehead atoms. The van der Waals surface area contributed by atoms with Crippen LogP contribution in [0.5, 0.6) is 5.75 Å². The second-order valence-corrected chi connectivity index (χ2v) is 5.73. The van der Waals surface area contributed by atoms with E-state index in [4.69, 9.17) is 4.74 Å². The highest BCUT2D eigenvalue weighted by atomic mass is 32.2. The molecule has 0 unspecified atom stereocenters. The Kier molecular flexibility index (Phi) is 3.10. The van der Waals surface area contributed by atoms with Crippen molar-refractivity contribution in [1.29, 1.82) is 0 Å². The number of sulfonamides is 1. The smallest absolute Gasteiger partial charge is 0.230 e. The average Bonchev–Trinajstić information content (AvgIpc) is 3.02. The summed E-state index contributed by atoms with van der Waals surface area (Å²) in [6.07, 6.45) is 3.49. The lowest BCUT2D eigenvalue weighted by Crippen LogP contribution is -2.12. The first kappa shape index (κ1) is 12.0. The van der Waals surface area contributed by atoms with E-state index in [2.05, 4.69) is 15.0 Å². The number of hydrogen-bond acceptors (Lipinski definition) is 5. The fourth-order valence-corrected chi connectivity index (χ4v) is 1.83. The van der Waals surface area contributed by atoms with Gasteiger partial charge in [0.2, 0.25) is 10.0 Å². The zero-order valence-electron chi connectivity index (χ0n) is 9.73. The number of anilines is 2. The molecule has 1 aromatic heterocycles. The predicted molar refractivity (Wildman–Crippen MR) is 65.9 cm³/mol. The molecule has 17 heavy (non-hydrogen) atoms. The maximum absolute atomic E-state index is 11.1. The van der Waals surface area contributed by atoms with Crippen LogP contribution in [0.4, 0.5) is 11.6 Å². The van der Waals surface area contributed by atoms with E-state index >= 15 is 0 Å². The molecule has 1 heterocycles. The molecule has 0 aliphatic heterocycles. The lowest BCUT2D eigenvalue weighted by Gasteiger charge is -2.11. The van der Waals surface area contributed by atoms with Gasteiger partial charge in [-0.25, -0.2) is 13.4 Å². The molecule has 1 saturated carbocycles. The minimum Gasteiger partial charge on any atom is -0.487 e. The van der Waals surface area contributed by atoms with Gasteiger partial charge in [0.25, 0.3) is 0 Å². The van der Waals surface area contributed by atoms with Crippen molar-refractivity contribution in [3.63, 3.8) is 0 Å². The molecular formula is C10H15N3O3S. The minimum atomic E-state index is -3.31. The SMILES string of the molecule is CNc1nc(NS(C)(=O)=O)ccc1OC1CC1. The van der Waals surface area contributed by atoms with E-state index in [1.807, 2.05) is 0 Å². The highest BCUT2D eigenvalue weighted by molar-refractivity contribution is 7.92. The summed E-state index contributed by atoms with van der Waals surface area (Å²) in [6, 6.07) is 3.30. The van der Waals surface area contributed by atoms with E-state index in [9.17, 15) is 8.42 Å². The van der Waals surface area contributed by atoms with Gasteiger partial charge in [-0.2, -0.15) is 0 Å². The van der Waals surface area contributed by atoms with E-state index in [-0.39, 0.29) is 11.9 Å². The second kappa shape index (κ2) is 4.40. The summed E-state index contributed by atoms with van der Waals surface area (Å²) in [5, 5.41) is 2.88. The van der Waals surface area contributed by atoms with Gasteiger partial charge in [0, 0.05) is 7.05 Å². The summed E-state index contributed by atoms with van der Waals surface area (Å²) in [5.74, 6) is 1.46. The lowest BCUT2D eigenvalue weighted by atomic mass is 10.4. The van der Waals surface area contributed by atoms with Gasteiger partial charge in [-0.3, -0.25) is 4.72 Å². The molecule has 6 nitrogen and oxygen atoms in total. The average molecular weight is 257 g/mol. The third-order valence-corrected chi connectivity index (χ3v) is 2.78. The molecule has 7 heteroatoms. The molecule has 2 N–H and O–H groups in total. The second-order valence-electron chi connectivity index (χ2n) is 3.98. The monoisotopic (exact) mass is 257 g/mol. The quantitative estimate of drug-likeness (QED) is 0.823. The van der Waals surface area contributed by atoms with E-state index in [1.54, 1.807) is 19.2 Å². The fourth-order valence-electron chi connectivity index (χ4n) is 1.33. The first-order valence-electron chi connectivity index (χ1n) is 5.31. The van der Waals surface area contributed by atoms with Crippen LogP contribution in [0.3, 0.4) is 0 Å². The van der Waals surface area contributed by atoms with E-state index in [0.717, 1.165) is 19.1 Å². The number of rotatable bonds is 5. The van der Waals surface area contributed by atoms with Gasteiger partial charge in [0.15, 0.2) is 11.6 Å². The highest BCUT2D eigenvalue weighted by Crippen LogP contribution is 2.31. The van der Waals surface area contributed by atoms with Gasteiger partial charge < -0.3 is 10.1 Å². The van der Waals surface area contributed by atoms with Crippen LogP contribution in [0.15, 0.2) is 12.1 Å². The van der Waals surface area contributed by atoms with Crippen LogP contribution in [0.1, 0.15) is 12.8 Å². The number of aromatic nitrogens is 1. The molecule has 94 valence electrons.